The molecule has 4 aromatic rings. The summed E-state index contributed by atoms with van der Waals surface area (Å²) in [6.45, 7) is 6.04. The number of nitrogens with zero attached hydrogens (tertiary/aromatic N) is 3. The smallest absolute Gasteiger partial charge is 0.337 e. The minimum Gasteiger partial charge on any atom is -0.478 e. The lowest BCUT2D eigenvalue weighted by molar-refractivity contribution is 0.0698. The molecule has 1 aliphatic heterocycles. The van der Waals surface area contributed by atoms with Gasteiger partial charge < -0.3 is 15.3 Å². The Morgan fingerprint density at radius 3 is 2.36 bits per heavy atom. The fourth-order valence-corrected chi connectivity index (χ4v) is 4.76. The molecule has 1 aliphatic rings. The molecule has 0 saturated carbocycles. The van der Waals surface area contributed by atoms with Gasteiger partial charge in [-0.1, -0.05) is 12.1 Å². The van der Waals surface area contributed by atoms with Crippen molar-refractivity contribution in [1.82, 2.24) is 9.38 Å². The predicted molar refractivity (Wildman–Crippen MR) is 133 cm³/mol. The lowest BCUT2D eigenvalue weighted by Gasteiger charge is -2.23. The monoisotopic (exact) mass is 490 g/mol. The number of carboxylic acid groups (broad SMARTS) is 1. The van der Waals surface area contributed by atoms with E-state index in [-0.39, 0.29) is 17.2 Å². The number of hydrogen-bond donors (Lipinski definition) is 2. The van der Waals surface area contributed by atoms with Crippen molar-refractivity contribution in [2.24, 2.45) is 0 Å². The van der Waals surface area contributed by atoms with Crippen LogP contribution in [0.25, 0.3) is 5.65 Å². The molecule has 2 aromatic carbocycles. The highest BCUT2D eigenvalue weighted by atomic mass is 19.2. The van der Waals surface area contributed by atoms with E-state index < -0.39 is 17.6 Å². The Morgan fingerprint density at radius 1 is 1.08 bits per heavy atom. The molecule has 1 unspecified atom stereocenters. The van der Waals surface area contributed by atoms with Crippen LogP contribution in [-0.4, -0.2) is 20.5 Å². The second-order valence-corrected chi connectivity index (χ2v) is 9.14. The number of anilines is 2. The molecule has 36 heavy (non-hydrogen) atoms. The maximum Gasteiger partial charge on any atom is 0.337 e. The number of aromatic carboxylic acids is 1. The summed E-state index contributed by atoms with van der Waals surface area (Å²) in [5.41, 5.74) is 4.05. The number of pyridine rings is 1. The second kappa shape index (κ2) is 8.75. The zero-order chi connectivity index (χ0) is 25.7. The number of aromatic nitrogens is 2. The van der Waals surface area contributed by atoms with Gasteiger partial charge in [0, 0.05) is 30.5 Å². The van der Waals surface area contributed by atoms with Gasteiger partial charge in [-0.3, -0.25) is 9.20 Å². The Kier molecular flexibility index (Phi) is 5.70. The van der Waals surface area contributed by atoms with E-state index >= 15 is 0 Å². The minimum atomic E-state index is -1.05. The summed E-state index contributed by atoms with van der Waals surface area (Å²) >= 11 is 0. The molecular weight excluding hydrogens is 466 g/mol. The fourth-order valence-electron chi connectivity index (χ4n) is 4.76. The molecular formula is C27H24F2N4O3. The highest BCUT2D eigenvalue weighted by Crippen LogP contribution is 2.32. The van der Waals surface area contributed by atoms with Crippen LogP contribution in [0, 0.1) is 25.5 Å². The third-order valence-electron chi connectivity index (χ3n) is 6.55. The Bertz CT molecular complexity index is 1570. The maximum absolute atomic E-state index is 13.8. The summed E-state index contributed by atoms with van der Waals surface area (Å²) in [5.74, 6) is -2.41. The number of aryl methyl sites for hydroxylation is 1. The topological polar surface area (TPSA) is 86.9 Å². The van der Waals surface area contributed by atoms with Gasteiger partial charge in [0.05, 0.1) is 17.2 Å². The number of fused-ring (bicyclic) bond motifs is 2. The van der Waals surface area contributed by atoms with Crippen molar-refractivity contribution in [1.29, 1.82) is 0 Å². The summed E-state index contributed by atoms with van der Waals surface area (Å²) in [5, 5.41) is 12.8. The summed E-state index contributed by atoms with van der Waals surface area (Å²) in [6, 6.07) is 10.5. The Hall–Kier alpha value is -4.27. The fraction of sp³-hybridized carbons (Fsp3) is 0.222. The molecule has 2 N–H and O–H groups in total. The van der Waals surface area contributed by atoms with Crippen LogP contribution >= 0.6 is 0 Å². The minimum absolute atomic E-state index is 0.136. The average molecular weight is 491 g/mol. The van der Waals surface area contributed by atoms with Crippen LogP contribution in [0.5, 0.6) is 0 Å². The molecule has 9 heteroatoms. The summed E-state index contributed by atoms with van der Waals surface area (Å²) in [4.78, 5) is 31.7. The number of halogens is 2. The summed E-state index contributed by atoms with van der Waals surface area (Å²) in [7, 11) is 0. The van der Waals surface area contributed by atoms with E-state index in [1.165, 1.54) is 22.6 Å². The zero-order valence-corrected chi connectivity index (χ0v) is 20.0. The molecule has 184 valence electrons. The first-order valence-corrected chi connectivity index (χ1v) is 11.5. The van der Waals surface area contributed by atoms with E-state index in [9.17, 15) is 23.5 Å². The predicted octanol–water partition coefficient (Wildman–Crippen LogP) is 4.98. The third-order valence-corrected chi connectivity index (χ3v) is 6.55. The molecule has 0 aliphatic carbocycles. The third kappa shape index (κ3) is 3.96. The first-order valence-electron chi connectivity index (χ1n) is 11.5. The first-order chi connectivity index (χ1) is 17.1. The number of benzene rings is 2. The number of carbonyl (C=O) groups is 1. The van der Waals surface area contributed by atoms with Gasteiger partial charge in [-0.05, 0) is 67.8 Å². The number of carboxylic acids is 1. The van der Waals surface area contributed by atoms with Gasteiger partial charge in [0.1, 0.15) is 11.5 Å². The van der Waals surface area contributed by atoms with Crippen molar-refractivity contribution in [2.75, 3.05) is 10.2 Å². The van der Waals surface area contributed by atoms with E-state index in [2.05, 4.69) is 5.32 Å². The Labute approximate surface area is 205 Å². The molecule has 3 heterocycles. The van der Waals surface area contributed by atoms with Crippen molar-refractivity contribution in [2.45, 2.75) is 39.9 Å². The summed E-state index contributed by atoms with van der Waals surface area (Å²) in [6.07, 6.45) is 1.71. The number of para-hydroxylation sites is 1. The number of nitrogens with one attached hydrogen (secondary N) is 1. The van der Waals surface area contributed by atoms with Gasteiger partial charge in [-0.15, -0.1) is 0 Å². The van der Waals surface area contributed by atoms with Crippen LogP contribution in [0.15, 0.2) is 53.5 Å². The molecule has 1 atom stereocenters. The largest absolute Gasteiger partial charge is 0.478 e. The van der Waals surface area contributed by atoms with Gasteiger partial charge in [-0.2, -0.15) is 0 Å². The SMILES string of the molecule is Cc1cc(C(C)Nc2ccccc2C(=O)O)c2nc(N3Cc4cc(F)c(F)cc4C3)c(C)c(=O)n2c1. The van der Waals surface area contributed by atoms with E-state index in [4.69, 9.17) is 4.98 Å². The Morgan fingerprint density at radius 2 is 1.72 bits per heavy atom. The molecule has 5 rings (SSSR count). The normalized spacial score (nSPS) is 13.6. The average Bonchev–Trinajstić information content (AvgIpc) is 3.23. The van der Waals surface area contributed by atoms with Crippen LogP contribution in [0.4, 0.5) is 20.3 Å². The standard InChI is InChI=1S/C27H24F2N4O3/c1-14-8-20(16(3)30-23-7-5-4-6-19(23)27(35)36)25-31-24(15(2)26(34)33(25)11-14)32-12-17-9-21(28)22(29)10-18(17)13-32/h4-11,16,30H,12-13H2,1-3H3,(H,35,36). The molecule has 0 bridgehead atoms. The molecule has 0 radical (unpaired) electrons. The lowest BCUT2D eigenvalue weighted by Crippen LogP contribution is -2.27. The maximum atomic E-state index is 13.8. The lowest BCUT2D eigenvalue weighted by atomic mass is 10.1. The quantitative estimate of drug-likeness (QED) is 0.410. The molecule has 7 nitrogen and oxygen atoms in total. The van der Waals surface area contributed by atoms with Crippen molar-refractivity contribution in [3.05, 3.63) is 104 Å². The molecule has 2 aromatic heterocycles. The molecule has 0 amide bonds. The van der Waals surface area contributed by atoms with Gasteiger partial charge >= 0.3 is 5.97 Å². The van der Waals surface area contributed by atoms with E-state index in [1.54, 1.807) is 31.3 Å². The van der Waals surface area contributed by atoms with Gasteiger partial charge in [0.15, 0.2) is 11.6 Å². The second-order valence-electron chi connectivity index (χ2n) is 9.14. The number of rotatable bonds is 5. The van der Waals surface area contributed by atoms with Gasteiger partial charge in [0.2, 0.25) is 0 Å². The highest BCUT2D eigenvalue weighted by Gasteiger charge is 2.26. The van der Waals surface area contributed by atoms with Crippen LogP contribution in [0.2, 0.25) is 0 Å². The van der Waals surface area contributed by atoms with E-state index in [1.807, 2.05) is 24.8 Å². The van der Waals surface area contributed by atoms with Crippen molar-refractivity contribution < 1.29 is 18.7 Å². The highest BCUT2D eigenvalue weighted by molar-refractivity contribution is 5.94. The van der Waals surface area contributed by atoms with E-state index in [0.717, 1.165) is 5.56 Å². The molecule has 0 saturated heterocycles. The van der Waals surface area contributed by atoms with Crippen LogP contribution in [0.1, 0.15) is 51.1 Å². The van der Waals surface area contributed by atoms with Gasteiger partial charge in [0.25, 0.3) is 5.56 Å². The van der Waals surface area contributed by atoms with Crippen LogP contribution in [0.3, 0.4) is 0 Å². The first kappa shape index (κ1) is 23.5. The van der Waals surface area contributed by atoms with E-state index in [0.29, 0.717) is 52.5 Å². The Balaban J connectivity index is 1.60. The van der Waals surface area contributed by atoms with Crippen molar-refractivity contribution >= 4 is 23.1 Å². The van der Waals surface area contributed by atoms with Crippen LogP contribution in [-0.2, 0) is 13.1 Å². The zero-order valence-electron chi connectivity index (χ0n) is 20.0. The number of hydrogen-bond acceptors (Lipinski definition) is 5. The summed E-state index contributed by atoms with van der Waals surface area (Å²) < 4.78 is 29.1. The van der Waals surface area contributed by atoms with Gasteiger partial charge in [-0.25, -0.2) is 18.6 Å². The molecule has 0 spiro atoms. The van der Waals surface area contributed by atoms with Crippen molar-refractivity contribution in [3.8, 4) is 0 Å². The van der Waals surface area contributed by atoms with Crippen molar-refractivity contribution in [3.63, 3.8) is 0 Å². The van der Waals surface area contributed by atoms with Crippen LogP contribution < -0.4 is 15.8 Å². The molecule has 0 fully saturated rings.